The summed E-state index contributed by atoms with van der Waals surface area (Å²) in [5.74, 6) is 0.847. The Hall–Kier alpha value is -5.66. The highest BCUT2D eigenvalue weighted by Gasteiger charge is 2.35. The second-order valence-corrected chi connectivity index (χ2v) is 12.7. The van der Waals surface area contributed by atoms with Crippen LogP contribution in [0.4, 0.5) is 9.59 Å². The molecule has 4 aromatic rings. The third-order valence-electron chi connectivity index (χ3n) is 8.83. The lowest BCUT2D eigenvalue weighted by molar-refractivity contribution is -0.134. The van der Waals surface area contributed by atoms with Crippen molar-refractivity contribution in [3.63, 3.8) is 0 Å². The number of methoxy groups -OCH3 is 2. The van der Waals surface area contributed by atoms with Crippen LogP contribution in [-0.4, -0.2) is 81.7 Å². The quantitative estimate of drug-likeness (QED) is 0.145. The topological polar surface area (TPSA) is 183 Å². The fraction of sp³-hybridized carbons (Fsp3) is 0.389. The SMILES string of the molecule is COC(=O)N[C@@H](C)C(=O)N[C@H](c1ncc(-c2ccc(-c3ccc(-c4cnc([C@@H]5CCCN5C(=O)[C@H](C)NC(=O)OC)[nH]4)cc3)cc2)[nH]1)C(C)C. The van der Waals surface area contributed by atoms with Crippen LogP contribution < -0.4 is 16.0 Å². The van der Waals surface area contributed by atoms with Gasteiger partial charge in [-0.1, -0.05) is 62.4 Å². The molecule has 2 aromatic heterocycles. The van der Waals surface area contributed by atoms with Gasteiger partial charge in [-0.25, -0.2) is 19.6 Å². The van der Waals surface area contributed by atoms with E-state index >= 15 is 0 Å². The van der Waals surface area contributed by atoms with Gasteiger partial charge in [0.2, 0.25) is 11.8 Å². The number of H-pyrrole nitrogens is 2. The molecule has 14 nitrogen and oxygen atoms in total. The molecule has 2 aromatic carbocycles. The van der Waals surface area contributed by atoms with E-state index in [1.807, 2.05) is 50.2 Å². The highest BCUT2D eigenvalue weighted by atomic mass is 16.5. The van der Waals surface area contributed by atoms with Gasteiger partial charge in [0.25, 0.3) is 0 Å². The van der Waals surface area contributed by atoms with Crippen LogP contribution in [0.25, 0.3) is 33.6 Å². The average molecular weight is 685 g/mol. The van der Waals surface area contributed by atoms with E-state index in [1.54, 1.807) is 31.1 Å². The van der Waals surface area contributed by atoms with E-state index in [1.165, 1.54) is 14.2 Å². The Morgan fingerprint density at radius 2 is 1.26 bits per heavy atom. The molecule has 0 saturated carbocycles. The predicted octanol–water partition coefficient (Wildman–Crippen LogP) is 5.10. The first-order chi connectivity index (χ1) is 24.0. The van der Waals surface area contributed by atoms with Gasteiger partial charge in [0.05, 0.1) is 50.1 Å². The molecule has 5 rings (SSSR count). The minimum atomic E-state index is -0.773. The van der Waals surface area contributed by atoms with Gasteiger partial charge in [-0.2, -0.15) is 0 Å². The van der Waals surface area contributed by atoms with E-state index in [-0.39, 0.29) is 29.8 Å². The van der Waals surface area contributed by atoms with E-state index in [4.69, 9.17) is 0 Å². The van der Waals surface area contributed by atoms with Gasteiger partial charge in [0.15, 0.2) is 0 Å². The first-order valence-electron chi connectivity index (χ1n) is 16.6. The fourth-order valence-corrected chi connectivity index (χ4v) is 5.97. The lowest BCUT2D eigenvalue weighted by Gasteiger charge is -2.26. The molecule has 264 valence electrons. The molecule has 50 heavy (non-hydrogen) atoms. The van der Waals surface area contributed by atoms with Crippen LogP contribution in [-0.2, 0) is 19.1 Å². The summed E-state index contributed by atoms with van der Waals surface area (Å²) in [6.45, 7) is 7.80. The molecular weight excluding hydrogens is 640 g/mol. The van der Waals surface area contributed by atoms with Crippen molar-refractivity contribution in [2.45, 2.75) is 64.7 Å². The second-order valence-electron chi connectivity index (χ2n) is 12.7. The first-order valence-corrected chi connectivity index (χ1v) is 16.6. The number of aromatic nitrogens is 4. The van der Waals surface area contributed by atoms with Gasteiger partial charge in [0, 0.05) is 6.54 Å². The van der Waals surface area contributed by atoms with Gasteiger partial charge >= 0.3 is 12.2 Å². The number of imidazole rings is 2. The van der Waals surface area contributed by atoms with Gasteiger partial charge < -0.3 is 40.3 Å². The number of aromatic amines is 2. The standard InChI is InChI=1S/C36H44N8O6/c1-20(2)30(43-33(45)21(3)39-35(47)49-5)32-38-19-28(42-32)26-15-11-24(12-16-26)23-9-13-25(14-10-23)27-18-37-31(41-27)29-8-7-17-44(29)34(46)22(4)40-36(48)50-6/h9-16,18-22,29-30H,7-8,17H2,1-6H3,(H,37,41)(H,38,42)(H,39,47)(H,40,48)(H,43,45)/t21-,22-,29-,30-/m0/s1. The molecule has 14 heteroatoms. The number of alkyl carbamates (subject to hydrolysis) is 2. The molecule has 0 spiro atoms. The van der Waals surface area contributed by atoms with Crippen LogP contribution in [0.5, 0.6) is 0 Å². The normalized spacial score (nSPS) is 16.0. The zero-order valence-electron chi connectivity index (χ0n) is 29.1. The Bertz CT molecular complexity index is 1720. The molecule has 0 bridgehead atoms. The number of carbonyl (C=O) groups excluding carboxylic acids is 4. The lowest BCUT2D eigenvalue weighted by atomic mass is 10.0. The Kier molecular flexibility index (Phi) is 11.2. The number of ether oxygens (including phenoxy) is 2. The highest BCUT2D eigenvalue weighted by molar-refractivity contribution is 5.86. The minimum absolute atomic E-state index is 0.0363. The summed E-state index contributed by atoms with van der Waals surface area (Å²) in [6.07, 6.45) is 3.84. The number of hydrogen-bond donors (Lipinski definition) is 5. The Morgan fingerprint density at radius 1 is 0.740 bits per heavy atom. The van der Waals surface area contributed by atoms with Crippen molar-refractivity contribution < 1.29 is 28.7 Å². The van der Waals surface area contributed by atoms with Gasteiger partial charge in [-0.05, 0) is 54.9 Å². The number of likely N-dealkylation sites (tertiary alicyclic amines) is 1. The van der Waals surface area contributed by atoms with E-state index in [0.717, 1.165) is 46.5 Å². The molecule has 0 unspecified atom stereocenters. The molecule has 1 saturated heterocycles. The van der Waals surface area contributed by atoms with Crippen molar-refractivity contribution in [3.8, 4) is 33.6 Å². The smallest absolute Gasteiger partial charge is 0.407 e. The monoisotopic (exact) mass is 684 g/mol. The van der Waals surface area contributed by atoms with Crippen LogP contribution in [0.15, 0.2) is 60.9 Å². The number of amides is 4. The Labute approximate surface area is 290 Å². The van der Waals surface area contributed by atoms with Gasteiger partial charge in [-0.3, -0.25) is 9.59 Å². The van der Waals surface area contributed by atoms with E-state index in [0.29, 0.717) is 18.2 Å². The third-order valence-corrected chi connectivity index (χ3v) is 8.83. The van der Waals surface area contributed by atoms with Crippen molar-refractivity contribution >= 4 is 24.0 Å². The van der Waals surface area contributed by atoms with E-state index < -0.39 is 24.3 Å². The molecule has 1 aliphatic heterocycles. The molecule has 1 aliphatic rings. The highest BCUT2D eigenvalue weighted by Crippen LogP contribution is 2.33. The third kappa shape index (κ3) is 8.13. The second kappa shape index (κ2) is 15.7. The summed E-state index contributed by atoms with van der Waals surface area (Å²) < 4.78 is 9.22. The van der Waals surface area contributed by atoms with Crippen LogP contribution >= 0.6 is 0 Å². The van der Waals surface area contributed by atoms with Crippen LogP contribution in [0.3, 0.4) is 0 Å². The predicted molar refractivity (Wildman–Crippen MR) is 186 cm³/mol. The van der Waals surface area contributed by atoms with Crippen LogP contribution in [0, 0.1) is 5.92 Å². The summed E-state index contributed by atoms with van der Waals surface area (Å²) >= 11 is 0. The maximum Gasteiger partial charge on any atom is 0.407 e. The molecular formula is C36H44N8O6. The molecule has 1 fully saturated rings. The van der Waals surface area contributed by atoms with Crippen LogP contribution in [0.1, 0.15) is 64.3 Å². The van der Waals surface area contributed by atoms with Crippen molar-refractivity contribution in [3.05, 3.63) is 72.6 Å². The number of benzene rings is 2. The number of hydrogen-bond acceptors (Lipinski definition) is 8. The summed E-state index contributed by atoms with van der Waals surface area (Å²) in [7, 11) is 2.51. The van der Waals surface area contributed by atoms with Crippen LogP contribution in [0.2, 0.25) is 0 Å². The first kappa shape index (κ1) is 35.6. The van der Waals surface area contributed by atoms with Crippen molar-refractivity contribution in [1.82, 2.24) is 40.8 Å². The lowest BCUT2D eigenvalue weighted by Crippen LogP contribution is -2.46. The average Bonchev–Trinajstić information content (AvgIpc) is 3.91. The molecule has 4 amide bonds. The number of carbonyl (C=O) groups is 4. The largest absolute Gasteiger partial charge is 0.453 e. The molecule has 0 radical (unpaired) electrons. The molecule has 5 N–H and O–H groups in total. The number of rotatable bonds is 11. The summed E-state index contributed by atoms with van der Waals surface area (Å²) in [6, 6.07) is 14.2. The maximum absolute atomic E-state index is 13.1. The minimum Gasteiger partial charge on any atom is -0.453 e. The number of nitrogens with zero attached hydrogens (tertiary/aromatic N) is 3. The van der Waals surface area contributed by atoms with Gasteiger partial charge in [-0.15, -0.1) is 0 Å². The summed E-state index contributed by atoms with van der Waals surface area (Å²) in [4.78, 5) is 66.6. The fourth-order valence-electron chi connectivity index (χ4n) is 5.97. The van der Waals surface area contributed by atoms with Gasteiger partial charge in [0.1, 0.15) is 23.7 Å². The maximum atomic E-state index is 13.1. The summed E-state index contributed by atoms with van der Waals surface area (Å²) in [5.41, 5.74) is 5.66. The number of nitrogens with one attached hydrogen (secondary N) is 5. The van der Waals surface area contributed by atoms with E-state index in [2.05, 4.69) is 57.5 Å². The Balaban J connectivity index is 1.23. The zero-order valence-corrected chi connectivity index (χ0v) is 29.1. The van der Waals surface area contributed by atoms with Crippen molar-refractivity contribution in [2.75, 3.05) is 20.8 Å². The molecule has 0 aliphatic carbocycles. The molecule has 4 atom stereocenters. The zero-order chi connectivity index (χ0) is 35.9. The van der Waals surface area contributed by atoms with Crippen molar-refractivity contribution in [2.24, 2.45) is 5.92 Å². The molecule has 3 heterocycles. The summed E-state index contributed by atoms with van der Waals surface area (Å²) in [5, 5.41) is 7.99. The van der Waals surface area contributed by atoms with E-state index in [9.17, 15) is 19.2 Å². The van der Waals surface area contributed by atoms with Crippen molar-refractivity contribution in [1.29, 1.82) is 0 Å². The Morgan fingerprint density at radius 3 is 1.82 bits per heavy atom.